The maximum atomic E-state index is 13.9. The molecule has 0 bridgehead atoms. The molecule has 1 aliphatic rings. The second-order valence-corrected chi connectivity index (χ2v) is 12.0. The summed E-state index contributed by atoms with van der Waals surface area (Å²) in [6.45, 7) is 1.96. The van der Waals surface area contributed by atoms with Gasteiger partial charge in [0.25, 0.3) is 0 Å². The molecular weight excluding hydrogens is 498 g/mol. The summed E-state index contributed by atoms with van der Waals surface area (Å²) in [6.07, 6.45) is 0.870. The van der Waals surface area contributed by atoms with Crippen LogP contribution in [0.4, 0.5) is 0 Å². The molecule has 0 saturated heterocycles. The fourth-order valence-corrected chi connectivity index (χ4v) is 7.22. The van der Waals surface area contributed by atoms with Crippen LogP contribution in [0.1, 0.15) is 56.8 Å². The van der Waals surface area contributed by atoms with Crippen LogP contribution in [0, 0.1) is 6.92 Å². The summed E-state index contributed by atoms with van der Waals surface area (Å²) in [5.74, 6) is -0.240. The predicted molar refractivity (Wildman–Crippen MR) is 157 cm³/mol. The molecule has 5 aromatic rings. The number of hydrogen-bond acceptors (Lipinski definition) is 2. The number of hydrogen-bond donors (Lipinski definition) is 1. The average Bonchev–Trinajstić information content (AvgIpc) is 2.97. The molecule has 1 aliphatic carbocycles. The molecule has 194 valence electrons. The molecule has 0 amide bonds. The largest absolute Gasteiger partial charge is 0.241 e. The van der Waals surface area contributed by atoms with E-state index >= 15 is 0 Å². The first-order chi connectivity index (χ1) is 19.0. The van der Waals surface area contributed by atoms with Crippen LogP contribution in [-0.4, -0.2) is 8.42 Å². The summed E-state index contributed by atoms with van der Waals surface area (Å²) < 4.78 is 31.0. The Balaban J connectivity index is 1.58. The number of nitrogens with one attached hydrogen (secondary N) is 1. The van der Waals surface area contributed by atoms with E-state index in [-0.39, 0.29) is 16.7 Å². The van der Waals surface area contributed by atoms with Crippen molar-refractivity contribution in [3.05, 3.63) is 172 Å². The first-order valence-corrected chi connectivity index (χ1v) is 14.8. The summed E-state index contributed by atoms with van der Waals surface area (Å²) >= 11 is 0. The summed E-state index contributed by atoms with van der Waals surface area (Å²) in [5, 5.41) is 0. The minimum atomic E-state index is -3.82. The second-order valence-electron chi connectivity index (χ2n) is 10.3. The van der Waals surface area contributed by atoms with Crippen LogP contribution in [0.5, 0.6) is 0 Å². The van der Waals surface area contributed by atoms with E-state index in [4.69, 9.17) is 0 Å². The Hall–Kier alpha value is -3.99. The van der Waals surface area contributed by atoms with Crippen LogP contribution in [0.15, 0.2) is 138 Å². The van der Waals surface area contributed by atoms with Crippen LogP contribution >= 0.6 is 0 Å². The SMILES string of the molecule is Cc1ccc(S(=O)(=O)N[C@@H](c2ccccc2)[C@H](c2ccccc2)C2c3ccccc3Cc3ccccc32)cc1. The molecule has 0 fully saturated rings. The van der Waals surface area contributed by atoms with E-state index in [0.717, 1.165) is 23.1 Å². The summed E-state index contributed by atoms with van der Waals surface area (Å²) in [4.78, 5) is 0.269. The number of fused-ring (bicyclic) bond motifs is 2. The Kier molecular flexibility index (Phi) is 6.90. The molecule has 4 heteroatoms. The van der Waals surface area contributed by atoms with Gasteiger partial charge in [-0.25, -0.2) is 13.1 Å². The quantitative estimate of drug-likeness (QED) is 0.237. The lowest BCUT2D eigenvalue weighted by molar-refractivity contribution is 0.454. The highest BCUT2D eigenvalue weighted by Crippen LogP contribution is 2.50. The van der Waals surface area contributed by atoms with Crippen molar-refractivity contribution in [2.45, 2.75) is 36.1 Å². The Morgan fingerprint density at radius 1 is 0.615 bits per heavy atom. The molecule has 0 unspecified atom stereocenters. The minimum absolute atomic E-state index is 0.0422. The number of aryl methyl sites for hydroxylation is 1. The lowest BCUT2D eigenvalue weighted by atomic mass is 9.67. The van der Waals surface area contributed by atoms with E-state index in [1.54, 1.807) is 12.1 Å². The van der Waals surface area contributed by atoms with Crippen molar-refractivity contribution >= 4 is 10.0 Å². The zero-order valence-electron chi connectivity index (χ0n) is 21.9. The van der Waals surface area contributed by atoms with Crippen molar-refractivity contribution in [2.75, 3.05) is 0 Å². The van der Waals surface area contributed by atoms with Gasteiger partial charge in [0, 0.05) is 11.8 Å². The number of benzene rings is 5. The van der Waals surface area contributed by atoms with Crippen LogP contribution < -0.4 is 4.72 Å². The summed E-state index contributed by atoms with van der Waals surface area (Å²) in [7, 11) is -3.82. The first kappa shape index (κ1) is 25.3. The van der Waals surface area contributed by atoms with Gasteiger partial charge in [0.1, 0.15) is 0 Å². The van der Waals surface area contributed by atoms with Gasteiger partial charge >= 0.3 is 0 Å². The lowest BCUT2D eigenvalue weighted by Crippen LogP contribution is -2.36. The van der Waals surface area contributed by atoms with Gasteiger partial charge in [-0.2, -0.15) is 0 Å². The molecule has 0 aromatic heterocycles. The fraction of sp³-hybridized carbons (Fsp3) is 0.143. The third-order valence-corrected chi connectivity index (χ3v) is 9.29. The van der Waals surface area contributed by atoms with Gasteiger partial charge in [-0.15, -0.1) is 0 Å². The van der Waals surface area contributed by atoms with Gasteiger partial charge in [-0.3, -0.25) is 0 Å². The van der Waals surface area contributed by atoms with Crippen LogP contribution in [0.3, 0.4) is 0 Å². The number of rotatable bonds is 7. The molecule has 2 atom stereocenters. The van der Waals surface area contributed by atoms with Gasteiger partial charge in [0.2, 0.25) is 10.0 Å². The fourth-order valence-electron chi connectivity index (χ4n) is 5.97. The van der Waals surface area contributed by atoms with Gasteiger partial charge < -0.3 is 0 Å². The van der Waals surface area contributed by atoms with Crippen LogP contribution in [0.2, 0.25) is 0 Å². The maximum absolute atomic E-state index is 13.9. The van der Waals surface area contributed by atoms with Crippen molar-refractivity contribution in [3.63, 3.8) is 0 Å². The topological polar surface area (TPSA) is 46.2 Å². The molecule has 0 heterocycles. The Labute approximate surface area is 231 Å². The minimum Gasteiger partial charge on any atom is -0.207 e. The summed E-state index contributed by atoms with van der Waals surface area (Å²) in [5.41, 5.74) is 8.12. The monoisotopic (exact) mass is 529 g/mol. The molecule has 0 radical (unpaired) electrons. The Morgan fingerprint density at radius 3 is 1.67 bits per heavy atom. The first-order valence-electron chi connectivity index (χ1n) is 13.4. The maximum Gasteiger partial charge on any atom is 0.241 e. The van der Waals surface area contributed by atoms with E-state index in [1.807, 2.05) is 67.6 Å². The molecule has 3 nitrogen and oxygen atoms in total. The molecule has 5 aromatic carbocycles. The Morgan fingerprint density at radius 2 is 1.10 bits per heavy atom. The third-order valence-electron chi connectivity index (χ3n) is 7.84. The van der Waals surface area contributed by atoms with E-state index in [9.17, 15) is 8.42 Å². The van der Waals surface area contributed by atoms with Crippen molar-refractivity contribution < 1.29 is 8.42 Å². The predicted octanol–water partition coefficient (Wildman–Crippen LogP) is 7.53. The van der Waals surface area contributed by atoms with Gasteiger partial charge in [-0.05, 0) is 58.9 Å². The zero-order chi connectivity index (χ0) is 26.8. The van der Waals surface area contributed by atoms with Crippen molar-refractivity contribution in [2.24, 2.45) is 0 Å². The van der Waals surface area contributed by atoms with Gasteiger partial charge in [-0.1, -0.05) is 127 Å². The van der Waals surface area contributed by atoms with Gasteiger partial charge in [0.15, 0.2) is 0 Å². The van der Waals surface area contributed by atoms with Gasteiger partial charge in [0.05, 0.1) is 10.9 Å². The standard InChI is InChI=1S/C35H31NO2S/c1-25-20-22-30(23-21-25)39(37,38)36-35(27-14-6-3-7-15-27)33(26-12-4-2-5-13-26)34-31-18-10-8-16-28(31)24-29-17-9-11-19-32(29)34/h2-23,33-36H,24H2,1H3/t33-,35+/m1/s1. The zero-order valence-corrected chi connectivity index (χ0v) is 22.7. The summed E-state index contributed by atoms with van der Waals surface area (Å²) in [6, 6.07) is 44.1. The highest BCUT2D eigenvalue weighted by atomic mass is 32.2. The van der Waals surface area contributed by atoms with Crippen molar-refractivity contribution in [1.29, 1.82) is 0 Å². The molecule has 6 rings (SSSR count). The van der Waals surface area contributed by atoms with Crippen molar-refractivity contribution in [3.8, 4) is 0 Å². The highest BCUT2D eigenvalue weighted by Gasteiger charge is 2.39. The smallest absolute Gasteiger partial charge is 0.207 e. The van der Waals surface area contributed by atoms with E-state index in [0.29, 0.717) is 0 Å². The molecule has 0 spiro atoms. The molecule has 39 heavy (non-hydrogen) atoms. The van der Waals surface area contributed by atoms with E-state index < -0.39 is 16.1 Å². The second kappa shape index (κ2) is 10.6. The average molecular weight is 530 g/mol. The third kappa shape index (κ3) is 5.06. The highest BCUT2D eigenvalue weighted by molar-refractivity contribution is 7.89. The Bertz CT molecular complexity index is 1630. The van der Waals surface area contributed by atoms with Crippen LogP contribution in [0.25, 0.3) is 0 Å². The molecular formula is C35H31NO2S. The van der Waals surface area contributed by atoms with Crippen molar-refractivity contribution in [1.82, 2.24) is 4.72 Å². The lowest BCUT2D eigenvalue weighted by Gasteiger charge is -2.39. The molecule has 0 saturated carbocycles. The normalized spacial score (nSPS) is 14.7. The van der Waals surface area contributed by atoms with Crippen LogP contribution in [-0.2, 0) is 16.4 Å². The van der Waals surface area contributed by atoms with E-state index in [1.165, 1.54) is 22.3 Å². The number of sulfonamides is 1. The molecule has 0 aliphatic heterocycles. The molecule has 1 N–H and O–H groups in total. The van der Waals surface area contributed by atoms with E-state index in [2.05, 4.69) is 65.4 Å².